The van der Waals surface area contributed by atoms with E-state index in [1.54, 1.807) is 37.3 Å². The first-order chi connectivity index (χ1) is 11.5. The minimum Gasteiger partial charge on any atom is -0.569 e. The SMILES string of the molecule is CCOC(=O)OCO/N=[N+](\[O-])N(C)[C@@H](Cc1ccccc1)C(=O)O. The Bertz CT molecular complexity index is 565. The molecule has 24 heavy (non-hydrogen) atoms. The Hall–Kier alpha value is -3.04. The van der Waals surface area contributed by atoms with E-state index in [9.17, 15) is 19.9 Å². The molecule has 0 bridgehead atoms. The molecule has 1 rings (SSSR count). The number of hydrogen-bond acceptors (Lipinski definition) is 7. The highest BCUT2D eigenvalue weighted by atomic mass is 16.8. The van der Waals surface area contributed by atoms with Gasteiger partial charge in [0.15, 0.2) is 6.04 Å². The zero-order valence-corrected chi connectivity index (χ0v) is 13.3. The smallest absolute Gasteiger partial charge is 0.511 e. The Morgan fingerprint density at radius 1 is 1.33 bits per heavy atom. The summed E-state index contributed by atoms with van der Waals surface area (Å²) < 4.78 is 8.91. The second kappa shape index (κ2) is 9.87. The number of likely N-dealkylation sites (N-methyl/N-ethyl adjacent to an activating group) is 1. The molecule has 132 valence electrons. The zero-order valence-electron chi connectivity index (χ0n) is 13.3. The second-order valence-corrected chi connectivity index (χ2v) is 4.53. The molecule has 0 amide bonds. The lowest BCUT2D eigenvalue weighted by molar-refractivity contribution is -0.711. The summed E-state index contributed by atoms with van der Waals surface area (Å²) in [5.41, 5.74) is 0.747. The first kappa shape index (κ1) is 19.0. The van der Waals surface area contributed by atoms with Crippen molar-refractivity contribution in [3.05, 3.63) is 41.1 Å². The normalized spacial score (nSPS) is 12.2. The lowest BCUT2D eigenvalue weighted by Crippen LogP contribution is -2.44. The summed E-state index contributed by atoms with van der Waals surface area (Å²) in [5, 5.41) is 25.0. The minimum atomic E-state index is -1.19. The maximum Gasteiger partial charge on any atom is 0.511 e. The summed E-state index contributed by atoms with van der Waals surface area (Å²) in [6.45, 7) is 1.09. The molecule has 0 aliphatic heterocycles. The molecule has 1 aromatic carbocycles. The van der Waals surface area contributed by atoms with E-state index in [4.69, 9.17) is 0 Å². The van der Waals surface area contributed by atoms with Gasteiger partial charge >= 0.3 is 12.1 Å². The van der Waals surface area contributed by atoms with Gasteiger partial charge in [-0.15, -0.1) is 5.01 Å². The topological polar surface area (TPSA) is 124 Å². The molecule has 0 saturated carbocycles. The number of aliphatic carboxylic acids is 1. The van der Waals surface area contributed by atoms with E-state index >= 15 is 0 Å². The van der Waals surface area contributed by atoms with Crippen LogP contribution >= 0.6 is 0 Å². The van der Waals surface area contributed by atoms with Gasteiger partial charge < -0.3 is 24.6 Å². The molecule has 1 atom stereocenters. The van der Waals surface area contributed by atoms with Crippen LogP contribution in [0.3, 0.4) is 0 Å². The Kier molecular flexibility index (Phi) is 7.82. The van der Waals surface area contributed by atoms with Crippen LogP contribution in [-0.4, -0.2) is 53.7 Å². The van der Waals surface area contributed by atoms with Crippen LogP contribution in [0.4, 0.5) is 4.79 Å². The van der Waals surface area contributed by atoms with E-state index in [1.165, 1.54) is 7.05 Å². The third kappa shape index (κ3) is 6.38. The van der Waals surface area contributed by atoms with E-state index in [0.29, 0.717) is 0 Å². The van der Waals surface area contributed by atoms with E-state index in [-0.39, 0.29) is 18.0 Å². The number of hydrazine groups is 1. The molecule has 0 heterocycles. The first-order valence-electron chi connectivity index (χ1n) is 7.04. The predicted molar refractivity (Wildman–Crippen MR) is 79.4 cm³/mol. The molecule has 0 unspecified atom stereocenters. The van der Waals surface area contributed by atoms with Gasteiger partial charge in [-0.2, -0.15) is 0 Å². The number of carbonyl (C=O) groups excluding carboxylic acids is 1. The van der Waals surface area contributed by atoms with E-state index in [0.717, 1.165) is 10.6 Å². The van der Waals surface area contributed by atoms with Gasteiger partial charge in [-0.3, -0.25) is 0 Å². The standard InChI is InChI=1S/C14H19N3O7/c1-3-22-14(20)23-10-24-15-17(21)16(2)12(13(18)19)9-11-7-5-4-6-8-11/h4-8,12H,3,9-10H2,1-2H3,(H,18,19)/b17-15-/t12-/m0/s1. The van der Waals surface area contributed by atoms with Gasteiger partial charge in [0.2, 0.25) is 5.28 Å². The number of carbonyl (C=O) groups is 2. The van der Waals surface area contributed by atoms with Gasteiger partial charge in [0.05, 0.1) is 18.6 Å². The molecular formula is C14H19N3O7. The lowest BCUT2D eigenvalue weighted by atomic mass is 10.1. The molecule has 10 heteroatoms. The van der Waals surface area contributed by atoms with Crippen molar-refractivity contribution >= 4 is 12.1 Å². The number of carboxylic acid groups (broad SMARTS) is 1. The lowest BCUT2D eigenvalue weighted by Gasteiger charge is -2.20. The molecule has 10 nitrogen and oxygen atoms in total. The third-order valence-corrected chi connectivity index (χ3v) is 2.90. The van der Waals surface area contributed by atoms with E-state index in [2.05, 4.69) is 19.6 Å². The molecule has 1 aromatic rings. The van der Waals surface area contributed by atoms with Gasteiger partial charge in [0.25, 0.3) is 6.79 Å². The Balaban J connectivity index is 2.59. The average Bonchev–Trinajstić information content (AvgIpc) is 2.56. The Labute approximate surface area is 138 Å². The number of nitrogens with zero attached hydrogens (tertiary/aromatic N) is 3. The van der Waals surface area contributed by atoms with Gasteiger partial charge in [-0.25, -0.2) is 9.59 Å². The number of rotatable bonds is 9. The van der Waals surface area contributed by atoms with Crippen LogP contribution in [0, 0.1) is 5.21 Å². The zero-order chi connectivity index (χ0) is 17.9. The molecule has 0 spiro atoms. The highest BCUT2D eigenvalue weighted by Gasteiger charge is 2.29. The third-order valence-electron chi connectivity index (χ3n) is 2.90. The van der Waals surface area contributed by atoms with Crippen molar-refractivity contribution in [2.24, 2.45) is 5.28 Å². The van der Waals surface area contributed by atoms with Crippen molar-refractivity contribution in [1.82, 2.24) is 5.01 Å². The first-order valence-corrected chi connectivity index (χ1v) is 7.04. The molecule has 0 aliphatic rings. The quantitative estimate of drug-likeness (QED) is 0.179. The second-order valence-electron chi connectivity index (χ2n) is 4.53. The Morgan fingerprint density at radius 3 is 2.58 bits per heavy atom. The van der Waals surface area contributed by atoms with Crippen molar-refractivity contribution in [1.29, 1.82) is 0 Å². The molecule has 0 saturated heterocycles. The predicted octanol–water partition coefficient (Wildman–Crippen LogP) is 1.55. The number of carboxylic acids is 1. The summed E-state index contributed by atoms with van der Waals surface area (Å²) in [7, 11) is 1.26. The van der Waals surface area contributed by atoms with Crippen molar-refractivity contribution in [3.63, 3.8) is 0 Å². The monoisotopic (exact) mass is 341 g/mol. The van der Waals surface area contributed by atoms with Gasteiger partial charge in [0, 0.05) is 6.42 Å². The summed E-state index contributed by atoms with van der Waals surface area (Å²) in [6, 6.07) is 7.69. The van der Waals surface area contributed by atoms with Crippen molar-refractivity contribution < 1.29 is 34.0 Å². The fourth-order valence-corrected chi connectivity index (χ4v) is 1.70. The molecular weight excluding hydrogens is 322 g/mol. The van der Waals surface area contributed by atoms with Crippen molar-refractivity contribution in [2.45, 2.75) is 19.4 Å². The van der Waals surface area contributed by atoms with Gasteiger partial charge in [-0.1, -0.05) is 30.3 Å². The van der Waals surface area contributed by atoms with Crippen molar-refractivity contribution in [2.75, 3.05) is 20.4 Å². The van der Waals surface area contributed by atoms with Gasteiger partial charge in [0.1, 0.15) is 0 Å². The molecule has 0 aliphatic carbocycles. The minimum absolute atomic E-state index is 0.0315. The van der Waals surface area contributed by atoms with Gasteiger partial charge in [-0.05, 0) is 12.5 Å². The number of benzene rings is 1. The molecule has 0 radical (unpaired) electrons. The van der Waals surface area contributed by atoms with Crippen LogP contribution in [0.25, 0.3) is 0 Å². The summed E-state index contributed by atoms with van der Waals surface area (Å²) in [6.07, 6.45) is -0.869. The number of ether oxygens (including phenoxy) is 2. The van der Waals surface area contributed by atoms with Crippen LogP contribution in [0.15, 0.2) is 35.6 Å². The van der Waals surface area contributed by atoms with Crippen LogP contribution in [0.5, 0.6) is 0 Å². The van der Waals surface area contributed by atoms with Crippen LogP contribution < -0.4 is 0 Å². The molecule has 0 aromatic heterocycles. The highest BCUT2D eigenvalue weighted by Crippen LogP contribution is 2.09. The van der Waals surface area contributed by atoms with Crippen LogP contribution in [-0.2, 0) is 25.5 Å². The largest absolute Gasteiger partial charge is 0.569 e. The van der Waals surface area contributed by atoms with Crippen LogP contribution in [0.1, 0.15) is 12.5 Å². The van der Waals surface area contributed by atoms with E-state index in [1.807, 2.05) is 0 Å². The maximum atomic E-state index is 11.8. The fourth-order valence-electron chi connectivity index (χ4n) is 1.70. The summed E-state index contributed by atoms with van der Waals surface area (Å²) in [5.74, 6) is -1.19. The van der Waals surface area contributed by atoms with Crippen molar-refractivity contribution in [3.8, 4) is 0 Å². The summed E-state index contributed by atoms with van der Waals surface area (Å²) >= 11 is 0. The van der Waals surface area contributed by atoms with Crippen LogP contribution in [0.2, 0.25) is 0 Å². The average molecular weight is 341 g/mol. The maximum absolute atomic E-state index is 11.8. The number of hydrogen-bond donors (Lipinski definition) is 1. The van der Waals surface area contributed by atoms with E-state index < -0.39 is 25.0 Å². The Morgan fingerprint density at radius 2 is 2.00 bits per heavy atom. The molecule has 0 fully saturated rings. The summed E-state index contributed by atoms with van der Waals surface area (Å²) in [4.78, 5) is 26.7. The fraction of sp³-hybridized carbons (Fsp3) is 0.429. The molecule has 1 N–H and O–H groups in total. The highest BCUT2D eigenvalue weighted by molar-refractivity contribution is 5.73.